The van der Waals surface area contributed by atoms with E-state index in [2.05, 4.69) is 57.4 Å². The maximum absolute atomic E-state index is 3.46. The molecule has 0 saturated carbocycles. The third kappa shape index (κ3) is 3.08. The van der Waals surface area contributed by atoms with E-state index in [9.17, 15) is 0 Å². The second kappa shape index (κ2) is 6.70. The van der Waals surface area contributed by atoms with E-state index in [-0.39, 0.29) is 0 Å². The molecule has 0 saturated heterocycles. The van der Waals surface area contributed by atoms with Gasteiger partial charge in [0.1, 0.15) is 0 Å². The third-order valence-corrected chi connectivity index (χ3v) is 3.58. The molecule has 1 aromatic rings. The quantitative estimate of drug-likeness (QED) is 0.764. The number of benzene rings is 1. The van der Waals surface area contributed by atoms with E-state index in [0.29, 0.717) is 6.04 Å². The van der Waals surface area contributed by atoms with Gasteiger partial charge in [-0.25, -0.2) is 0 Å². The molecule has 1 rings (SSSR count). The topological polar surface area (TPSA) is 12.0 Å². The minimum atomic E-state index is 0.501. The number of rotatable bonds is 6. The Morgan fingerprint density at radius 3 is 1.94 bits per heavy atom. The summed E-state index contributed by atoms with van der Waals surface area (Å²) >= 11 is 0. The molecule has 0 aliphatic heterocycles. The van der Waals surface area contributed by atoms with Gasteiger partial charge in [-0.1, -0.05) is 57.9 Å². The zero-order valence-corrected chi connectivity index (χ0v) is 11.1. The van der Waals surface area contributed by atoms with Gasteiger partial charge in [-0.15, -0.1) is 0 Å². The highest BCUT2D eigenvalue weighted by Gasteiger charge is 2.17. The lowest BCUT2D eigenvalue weighted by molar-refractivity contribution is 0.359. The molecule has 0 aromatic heterocycles. The predicted octanol–water partition coefficient (Wildman–Crippen LogP) is 3.95. The van der Waals surface area contributed by atoms with Crippen molar-refractivity contribution in [2.45, 2.75) is 46.1 Å². The van der Waals surface area contributed by atoms with Crippen molar-refractivity contribution in [3.63, 3.8) is 0 Å². The van der Waals surface area contributed by atoms with Crippen LogP contribution in [0.15, 0.2) is 24.3 Å². The first-order valence-corrected chi connectivity index (χ1v) is 6.52. The lowest BCUT2D eigenvalue weighted by Crippen LogP contribution is -2.24. The van der Waals surface area contributed by atoms with Gasteiger partial charge in [0.05, 0.1) is 0 Å². The highest BCUT2D eigenvalue weighted by atomic mass is 14.9. The largest absolute Gasteiger partial charge is 0.313 e. The predicted molar refractivity (Wildman–Crippen MR) is 71.7 cm³/mol. The van der Waals surface area contributed by atoms with E-state index in [1.54, 1.807) is 0 Å². The van der Waals surface area contributed by atoms with E-state index >= 15 is 0 Å². The Bertz CT molecular complexity index is 285. The van der Waals surface area contributed by atoms with Gasteiger partial charge >= 0.3 is 0 Å². The van der Waals surface area contributed by atoms with Gasteiger partial charge in [-0.3, -0.25) is 0 Å². The summed E-state index contributed by atoms with van der Waals surface area (Å²) in [6.07, 6.45) is 3.59. The molecule has 0 spiro atoms. The van der Waals surface area contributed by atoms with Gasteiger partial charge in [0.15, 0.2) is 0 Å². The molecule has 1 unspecified atom stereocenters. The first kappa shape index (κ1) is 13.2. The second-order valence-corrected chi connectivity index (χ2v) is 4.44. The van der Waals surface area contributed by atoms with E-state index in [1.807, 2.05) is 0 Å². The minimum Gasteiger partial charge on any atom is -0.313 e. The van der Waals surface area contributed by atoms with E-state index < -0.39 is 0 Å². The summed E-state index contributed by atoms with van der Waals surface area (Å²) in [6, 6.07) is 9.56. The Balaban J connectivity index is 2.85. The fourth-order valence-corrected chi connectivity index (χ4v) is 2.40. The van der Waals surface area contributed by atoms with Crippen molar-refractivity contribution >= 4 is 0 Å². The van der Waals surface area contributed by atoms with Gasteiger partial charge in [0.2, 0.25) is 0 Å². The Labute approximate surface area is 100 Å². The number of nitrogens with one attached hydrogen (secondary N) is 1. The van der Waals surface area contributed by atoms with Crippen molar-refractivity contribution in [2.75, 3.05) is 7.05 Å². The van der Waals surface area contributed by atoms with Crippen molar-refractivity contribution < 1.29 is 0 Å². The first-order valence-electron chi connectivity index (χ1n) is 6.52. The van der Waals surface area contributed by atoms with Crippen LogP contribution in [0.3, 0.4) is 0 Å². The third-order valence-electron chi connectivity index (χ3n) is 3.58. The van der Waals surface area contributed by atoms with Crippen LogP contribution in [0.25, 0.3) is 0 Å². The van der Waals surface area contributed by atoms with Crippen molar-refractivity contribution in [1.29, 1.82) is 0 Å². The molecule has 1 N–H and O–H groups in total. The summed E-state index contributed by atoms with van der Waals surface area (Å²) in [4.78, 5) is 0. The first-order chi connectivity index (χ1) is 7.76. The molecule has 90 valence electrons. The van der Waals surface area contributed by atoms with Crippen molar-refractivity contribution in [3.8, 4) is 0 Å². The van der Waals surface area contributed by atoms with Crippen LogP contribution < -0.4 is 5.32 Å². The summed E-state index contributed by atoms with van der Waals surface area (Å²) in [5.74, 6) is 0.734. The van der Waals surface area contributed by atoms with Crippen LogP contribution in [0.1, 0.15) is 50.8 Å². The molecule has 0 bridgehead atoms. The molecule has 1 aromatic carbocycles. The fraction of sp³-hybridized carbons (Fsp3) is 0.600. The van der Waals surface area contributed by atoms with Gasteiger partial charge in [-0.05, 0) is 30.5 Å². The zero-order valence-electron chi connectivity index (χ0n) is 11.1. The second-order valence-electron chi connectivity index (χ2n) is 4.44. The summed E-state index contributed by atoms with van der Waals surface area (Å²) < 4.78 is 0. The monoisotopic (exact) mass is 219 g/mol. The highest BCUT2D eigenvalue weighted by molar-refractivity contribution is 5.25. The van der Waals surface area contributed by atoms with Crippen LogP contribution in [-0.4, -0.2) is 7.05 Å². The lowest BCUT2D eigenvalue weighted by atomic mass is 9.88. The van der Waals surface area contributed by atoms with Gasteiger partial charge in [0, 0.05) is 6.04 Å². The average molecular weight is 219 g/mol. The molecule has 16 heavy (non-hydrogen) atoms. The highest BCUT2D eigenvalue weighted by Crippen LogP contribution is 2.27. The van der Waals surface area contributed by atoms with E-state index in [4.69, 9.17) is 0 Å². The maximum atomic E-state index is 3.46. The van der Waals surface area contributed by atoms with Crippen molar-refractivity contribution in [1.82, 2.24) is 5.32 Å². The molecular weight excluding hydrogens is 194 g/mol. The Morgan fingerprint density at radius 2 is 1.56 bits per heavy atom. The Kier molecular flexibility index (Phi) is 5.54. The summed E-state index contributed by atoms with van der Waals surface area (Å²) in [7, 11) is 2.07. The van der Waals surface area contributed by atoms with Crippen LogP contribution in [0.5, 0.6) is 0 Å². The molecule has 0 heterocycles. The lowest BCUT2D eigenvalue weighted by Gasteiger charge is -2.25. The molecule has 1 atom stereocenters. The van der Waals surface area contributed by atoms with Crippen LogP contribution in [0, 0.1) is 5.92 Å². The van der Waals surface area contributed by atoms with Crippen molar-refractivity contribution in [2.24, 2.45) is 5.92 Å². The van der Waals surface area contributed by atoms with E-state index in [0.717, 1.165) is 12.3 Å². The number of hydrogen-bond donors (Lipinski definition) is 1. The molecular formula is C15H25N. The molecule has 1 heteroatoms. The van der Waals surface area contributed by atoms with Crippen LogP contribution in [0.2, 0.25) is 0 Å². The van der Waals surface area contributed by atoms with Crippen LogP contribution in [-0.2, 0) is 6.42 Å². The fourth-order valence-electron chi connectivity index (χ4n) is 2.40. The SMILES string of the molecule is CCc1ccc(C(NC)C(CC)CC)cc1. The summed E-state index contributed by atoms with van der Waals surface area (Å²) in [5.41, 5.74) is 2.84. The average Bonchev–Trinajstić information content (AvgIpc) is 2.36. The number of aryl methyl sites for hydroxylation is 1. The van der Waals surface area contributed by atoms with Crippen LogP contribution in [0.4, 0.5) is 0 Å². The summed E-state index contributed by atoms with van der Waals surface area (Å²) in [6.45, 7) is 6.75. The van der Waals surface area contributed by atoms with E-state index in [1.165, 1.54) is 24.0 Å². The molecule has 0 aliphatic carbocycles. The molecule has 0 amide bonds. The molecule has 1 nitrogen and oxygen atoms in total. The van der Waals surface area contributed by atoms with Crippen LogP contribution >= 0.6 is 0 Å². The normalized spacial score (nSPS) is 13.1. The van der Waals surface area contributed by atoms with Crippen molar-refractivity contribution in [3.05, 3.63) is 35.4 Å². The van der Waals surface area contributed by atoms with Gasteiger partial charge < -0.3 is 5.32 Å². The molecule has 0 radical (unpaired) electrons. The minimum absolute atomic E-state index is 0.501. The van der Waals surface area contributed by atoms with Gasteiger partial charge in [0.25, 0.3) is 0 Å². The molecule has 0 fully saturated rings. The molecule has 0 aliphatic rings. The standard InChI is InChI=1S/C15H25N/c1-5-12-8-10-14(11-9-12)15(16-4)13(6-2)7-3/h8-11,13,15-16H,5-7H2,1-4H3. The van der Waals surface area contributed by atoms with Gasteiger partial charge in [-0.2, -0.15) is 0 Å². The smallest absolute Gasteiger partial charge is 0.0345 e. The maximum Gasteiger partial charge on any atom is 0.0345 e. The summed E-state index contributed by atoms with van der Waals surface area (Å²) in [5, 5.41) is 3.46. The number of hydrogen-bond acceptors (Lipinski definition) is 1. The zero-order chi connectivity index (χ0) is 12.0. The Hall–Kier alpha value is -0.820. The Morgan fingerprint density at radius 1 is 1.00 bits per heavy atom.